The summed E-state index contributed by atoms with van der Waals surface area (Å²) in [7, 11) is 3.78. The molecule has 0 spiro atoms. The number of thiophene rings is 1. The molecule has 0 aliphatic rings. The highest BCUT2D eigenvalue weighted by molar-refractivity contribution is 7.10. The molecule has 98 valence electrons. The maximum atomic E-state index is 5.40. The minimum Gasteiger partial charge on any atom is -0.496 e. The predicted molar refractivity (Wildman–Crippen MR) is 75.9 cm³/mol. The fourth-order valence-electron chi connectivity index (χ4n) is 2.39. The van der Waals surface area contributed by atoms with E-state index in [0.29, 0.717) is 6.04 Å². The quantitative estimate of drug-likeness (QED) is 0.792. The number of hydrogen-bond donors (Lipinski definition) is 1. The van der Waals surface area contributed by atoms with Crippen LogP contribution in [0.15, 0.2) is 11.4 Å². The summed E-state index contributed by atoms with van der Waals surface area (Å²) in [5.41, 5.74) is 0. The second-order valence-corrected chi connectivity index (χ2v) is 6.11. The standard InChI is InChI=1S/C14H25NOS/c1-10(2)8-11(3)9-12(15-4)14-13(16-5)6-7-17-14/h6-7,10-12,15H,8-9H2,1-5H3. The van der Waals surface area contributed by atoms with Gasteiger partial charge in [0.15, 0.2) is 0 Å². The second-order valence-electron chi connectivity index (χ2n) is 5.16. The zero-order chi connectivity index (χ0) is 12.8. The summed E-state index contributed by atoms with van der Waals surface area (Å²) in [6.45, 7) is 6.91. The normalized spacial score (nSPS) is 14.9. The molecule has 0 aliphatic carbocycles. The molecular formula is C14H25NOS. The van der Waals surface area contributed by atoms with Gasteiger partial charge in [-0.3, -0.25) is 0 Å². The third-order valence-electron chi connectivity index (χ3n) is 3.05. The van der Waals surface area contributed by atoms with Crippen LogP contribution in [0.2, 0.25) is 0 Å². The number of methoxy groups -OCH3 is 1. The van der Waals surface area contributed by atoms with Crippen LogP contribution in [0.4, 0.5) is 0 Å². The van der Waals surface area contributed by atoms with Crippen LogP contribution in [-0.2, 0) is 0 Å². The number of ether oxygens (including phenoxy) is 1. The smallest absolute Gasteiger partial charge is 0.134 e. The minimum atomic E-state index is 0.415. The maximum absolute atomic E-state index is 5.40. The first kappa shape index (κ1) is 14.5. The molecule has 0 bridgehead atoms. The van der Waals surface area contributed by atoms with Crippen molar-refractivity contribution in [3.05, 3.63) is 16.3 Å². The van der Waals surface area contributed by atoms with E-state index < -0.39 is 0 Å². The van der Waals surface area contributed by atoms with E-state index in [-0.39, 0.29) is 0 Å². The first-order chi connectivity index (χ1) is 8.08. The average molecular weight is 255 g/mol. The zero-order valence-corrected chi connectivity index (χ0v) is 12.4. The van der Waals surface area contributed by atoms with E-state index in [9.17, 15) is 0 Å². The van der Waals surface area contributed by atoms with E-state index in [1.165, 1.54) is 17.7 Å². The van der Waals surface area contributed by atoms with Crippen molar-refractivity contribution in [1.82, 2.24) is 5.32 Å². The van der Waals surface area contributed by atoms with Crippen LogP contribution in [0.1, 0.15) is 44.5 Å². The predicted octanol–water partition coefficient (Wildman–Crippen LogP) is 4.09. The molecule has 2 unspecified atom stereocenters. The van der Waals surface area contributed by atoms with Gasteiger partial charge in [0.05, 0.1) is 12.0 Å². The molecule has 1 rings (SSSR count). The Labute approximate surface area is 109 Å². The molecule has 1 heterocycles. The Morgan fingerprint density at radius 3 is 2.53 bits per heavy atom. The van der Waals surface area contributed by atoms with Gasteiger partial charge in [-0.05, 0) is 43.2 Å². The highest BCUT2D eigenvalue weighted by Gasteiger charge is 2.19. The monoisotopic (exact) mass is 255 g/mol. The summed E-state index contributed by atoms with van der Waals surface area (Å²) in [5, 5.41) is 5.52. The highest BCUT2D eigenvalue weighted by atomic mass is 32.1. The summed E-state index contributed by atoms with van der Waals surface area (Å²) in [5.74, 6) is 2.53. The van der Waals surface area contributed by atoms with E-state index in [1.807, 2.05) is 7.05 Å². The summed E-state index contributed by atoms with van der Waals surface area (Å²) in [4.78, 5) is 1.32. The fourth-order valence-corrected chi connectivity index (χ4v) is 3.38. The molecule has 2 nitrogen and oxygen atoms in total. The van der Waals surface area contributed by atoms with Crippen LogP contribution in [-0.4, -0.2) is 14.2 Å². The topological polar surface area (TPSA) is 21.3 Å². The summed E-state index contributed by atoms with van der Waals surface area (Å²) < 4.78 is 5.40. The third kappa shape index (κ3) is 4.32. The van der Waals surface area contributed by atoms with Gasteiger partial charge in [-0.1, -0.05) is 20.8 Å². The Hall–Kier alpha value is -0.540. The molecule has 17 heavy (non-hydrogen) atoms. The molecule has 0 radical (unpaired) electrons. The number of hydrogen-bond acceptors (Lipinski definition) is 3. The molecule has 0 aromatic carbocycles. The second kappa shape index (κ2) is 7.02. The maximum Gasteiger partial charge on any atom is 0.134 e. The minimum absolute atomic E-state index is 0.415. The molecular weight excluding hydrogens is 230 g/mol. The average Bonchev–Trinajstić information content (AvgIpc) is 2.72. The Kier molecular flexibility index (Phi) is 6.00. The lowest BCUT2D eigenvalue weighted by molar-refractivity contribution is 0.357. The molecule has 0 fully saturated rings. The molecule has 1 aromatic rings. The lowest BCUT2D eigenvalue weighted by Gasteiger charge is -2.21. The SMILES string of the molecule is CNC(CC(C)CC(C)C)c1sccc1OC. The summed E-state index contributed by atoms with van der Waals surface area (Å²) in [6.07, 6.45) is 2.46. The van der Waals surface area contributed by atoms with E-state index in [2.05, 4.69) is 37.5 Å². The van der Waals surface area contributed by atoms with Crippen LogP contribution in [0.3, 0.4) is 0 Å². The van der Waals surface area contributed by atoms with Gasteiger partial charge < -0.3 is 10.1 Å². The van der Waals surface area contributed by atoms with Crippen LogP contribution >= 0.6 is 11.3 Å². The van der Waals surface area contributed by atoms with Gasteiger partial charge in [-0.25, -0.2) is 0 Å². The fraction of sp³-hybridized carbons (Fsp3) is 0.714. The first-order valence-corrected chi connectivity index (χ1v) is 7.25. The van der Waals surface area contributed by atoms with Gasteiger partial charge in [0, 0.05) is 6.04 Å². The lowest BCUT2D eigenvalue weighted by Crippen LogP contribution is -2.19. The molecule has 0 aliphatic heterocycles. The van der Waals surface area contributed by atoms with Crippen molar-refractivity contribution in [2.45, 2.75) is 39.7 Å². The van der Waals surface area contributed by atoms with Crippen LogP contribution in [0.25, 0.3) is 0 Å². The molecule has 0 saturated heterocycles. The zero-order valence-electron chi connectivity index (χ0n) is 11.6. The summed E-state index contributed by atoms with van der Waals surface area (Å²) in [6, 6.07) is 2.47. The van der Waals surface area contributed by atoms with E-state index >= 15 is 0 Å². The number of rotatable bonds is 7. The van der Waals surface area contributed by atoms with Crippen molar-refractivity contribution in [3.8, 4) is 5.75 Å². The Bertz CT molecular complexity index is 322. The van der Waals surface area contributed by atoms with Gasteiger partial charge in [-0.15, -0.1) is 11.3 Å². The van der Waals surface area contributed by atoms with Gasteiger partial charge in [0.2, 0.25) is 0 Å². The van der Waals surface area contributed by atoms with Gasteiger partial charge in [-0.2, -0.15) is 0 Å². The third-order valence-corrected chi connectivity index (χ3v) is 4.07. The van der Waals surface area contributed by atoms with E-state index in [0.717, 1.165) is 17.6 Å². The largest absolute Gasteiger partial charge is 0.496 e. The molecule has 1 N–H and O–H groups in total. The first-order valence-electron chi connectivity index (χ1n) is 6.37. The molecule has 1 aromatic heterocycles. The molecule has 3 heteroatoms. The highest BCUT2D eigenvalue weighted by Crippen LogP contribution is 2.35. The molecule has 0 amide bonds. The van der Waals surface area contributed by atoms with Crippen molar-refractivity contribution in [1.29, 1.82) is 0 Å². The van der Waals surface area contributed by atoms with Crippen molar-refractivity contribution in [2.24, 2.45) is 11.8 Å². The van der Waals surface area contributed by atoms with Crippen LogP contribution in [0.5, 0.6) is 5.75 Å². The van der Waals surface area contributed by atoms with E-state index in [4.69, 9.17) is 4.74 Å². The van der Waals surface area contributed by atoms with Crippen molar-refractivity contribution in [2.75, 3.05) is 14.2 Å². The Balaban J connectivity index is 2.65. The van der Waals surface area contributed by atoms with Crippen molar-refractivity contribution >= 4 is 11.3 Å². The Morgan fingerprint density at radius 1 is 1.29 bits per heavy atom. The Morgan fingerprint density at radius 2 is 2.00 bits per heavy atom. The molecule has 2 atom stereocenters. The number of nitrogens with one attached hydrogen (secondary N) is 1. The van der Waals surface area contributed by atoms with Gasteiger partial charge >= 0.3 is 0 Å². The van der Waals surface area contributed by atoms with Crippen LogP contribution in [0, 0.1) is 11.8 Å². The van der Waals surface area contributed by atoms with Crippen LogP contribution < -0.4 is 10.1 Å². The van der Waals surface area contributed by atoms with Crippen molar-refractivity contribution in [3.63, 3.8) is 0 Å². The van der Waals surface area contributed by atoms with E-state index in [1.54, 1.807) is 18.4 Å². The lowest BCUT2D eigenvalue weighted by atomic mass is 9.92. The molecule has 0 saturated carbocycles. The van der Waals surface area contributed by atoms with Crippen molar-refractivity contribution < 1.29 is 4.74 Å². The van der Waals surface area contributed by atoms with Gasteiger partial charge in [0.1, 0.15) is 5.75 Å². The van der Waals surface area contributed by atoms with Gasteiger partial charge in [0.25, 0.3) is 0 Å². The summed E-state index contributed by atoms with van der Waals surface area (Å²) >= 11 is 1.78.